The third-order valence-corrected chi connectivity index (χ3v) is 4.97. The highest BCUT2D eigenvalue weighted by Gasteiger charge is 2.30. The number of likely N-dealkylation sites (tertiary alicyclic amines) is 1. The molecule has 0 spiro atoms. The Labute approximate surface area is 162 Å². The molecule has 3 unspecified atom stereocenters. The number of carbonyl (C=O) groups excluding carboxylic acids is 2. The first-order chi connectivity index (χ1) is 12.1. The zero-order valence-corrected chi connectivity index (χ0v) is 16.6. The zero-order valence-electron chi connectivity index (χ0n) is 15.8. The number of piperidine rings is 1. The molecule has 0 saturated carbocycles. The van der Waals surface area contributed by atoms with Gasteiger partial charge in [0.2, 0.25) is 5.91 Å². The maximum atomic E-state index is 12.8. The molecule has 26 heavy (non-hydrogen) atoms. The third kappa shape index (κ3) is 7.39. The highest BCUT2D eigenvalue weighted by Crippen LogP contribution is 2.19. The molecule has 2 aliphatic heterocycles. The molecule has 0 radical (unpaired) electrons. The molecule has 2 aliphatic rings. The van der Waals surface area contributed by atoms with Gasteiger partial charge in [-0.3, -0.25) is 9.59 Å². The summed E-state index contributed by atoms with van der Waals surface area (Å²) >= 11 is 0. The van der Waals surface area contributed by atoms with E-state index in [0.717, 1.165) is 51.7 Å². The number of ether oxygens (including phenoxy) is 2. The van der Waals surface area contributed by atoms with Crippen molar-refractivity contribution < 1.29 is 19.1 Å². The Morgan fingerprint density at radius 2 is 2.04 bits per heavy atom. The first kappa shape index (κ1) is 23.1. The summed E-state index contributed by atoms with van der Waals surface area (Å²) in [7, 11) is 0. The molecule has 2 heterocycles. The van der Waals surface area contributed by atoms with Gasteiger partial charge in [0.1, 0.15) is 6.10 Å². The lowest BCUT2D eigenvalue weighted by atomic mass is 10.0. The summed E-state index contributed by atoms with van der Waals surface area (Å²) in [6.07, 6.45) is 6.20. The van der Waals surface area contributed by atoms with E-state index in [1.165, 1.54) is 0 Å². The Morgan fingerprint density at radius 1 is 1.27 bits per heavy atom. The first-order valence-corrected chi connectivity index (χ1v) is 9.62. The molecule has 2 rings (SSSR count). The summed E-state index contributed by atoms with van der Waals surface area (Å²) in [5.41, 5.74) is 5.40. The largest absolute Gasteiger partial charge is 0.376 e. The minimum absolute atomic E-state index is 0. The van der Waals surface area contributed by atoms with E-state index in [4.69, 9.17) is 15.2 Å². The Bertz CT molecular complexity index is 433. The van der Waals surface area contributed by atoms with Crippen molar-refractivity contribution in [3.8, 4) is 0 Å². The molecule has 0 aromatic rings. The summed E-state index contributed by atoms with van der Waals surface area (Å²) in [6, 6.07) is 0.0416. The number of nitrogens with one attached hydrogen (secondary N) is 1. The van der Waals surface area contributed by atoms with Crippen LogP contribution in [0.2, 0.25) is 0 Å². The number of hydrogen-bond acceptors (Lipinski definition) is 5. The number of rotatable bonds is 8. The van der Waals surface area contributed by atoms with Gasteiger partial charge in [0.05, 0.1) is 12.7 Å². The van der Waals surface area contributed by atoms with Crippen molar-refractivity contribution in [3.63, 3.8) is 0 Å². The van der Waals surface area contributed by atoms with Crippen LogP contribution in [0.3, 0.4) is 0 Å². The molecule has 0 bridgehead atoms. The fraction of sp³-hybridized carbons (Fsp3) is 0.889. The SMILES string of the molecule is CC(OCC1CCCCO1)C(=O)N1CCCCC1CNC(=O)CCN.Cl. The van der Waals surface area contributed by atoms with Crippen LogP contribution in [0.25, 0.3) is 0 Å². The zero-order chi connectivity index (χ0) is 18.1. The summed E-state index contributed by atoms with van der Waals surface area (Å²) in [5.74, 6) is -0.0483. The maximum Gasteiger partial charge on any atom is 0.251 e. The molecule has 8 heteroatoms. The normalized spacial score (nSPS) is 24.5. The number of carbonyl (C=O) groups is 2. The van der Waals surface area contributed by atoms with Crippen molar-refractivity contribution in [2.75, 3.05) is 32.8 Å². The molecule has 2 saturated heterocycles. The van der Waals surface area contributed by atoms with Crippen LogP contribution in [-0.2, 0) is 19.1 Å². The molecule has 152 valence electrons. The molecule has 2 fully saturated rings. The quantitative estimate of drug-likeness (QED) is 0.649. The van der Waals surface area contributed by atoms with E-state index in [1.807, 2.05) is 11.8 Å². The second kappa shape index (κ2) is 12.5. The van der Waals surface area contributed by atoms with E-state index in [9.17, 15) is 9.59 Å². The molecule has 0 aromatic heterocycles. The predicted molar refractivity (Wildman–Crippen MR) is 102 cm³/mol. The van der Waals surface area contributed by atoms with Crippen molar-refractivity contribution in [2.45, 2.75) is 70.1 Å². The van der Waals surface area contributed by atoms with Crippen LogP contribution in [0.4, 0.5) is 0 Å². The molecule has 0 aromatic carbocycles. The van der Waals surface area contributed by atoms with E-state index in [2.05, 4.69) is 5.32 Å². The van der Waals surface area contributed by atoms with Gasteiger partial charge in [-0.25, -0.2) is 0 Å². The number of nitrogens with zero attached hydrogens (tertiary/aromatic N) is 1. The van der Waals surface area contributed by atoms with E-state index in [0.29, 0.717) is 26.1 Å². The van der Waals surface area contributed by atoms with Crippen LogP contribution in [0.15, 0.2) is 0 Å². The summed E-state index contributed by atoms with van der Waals surface area (Å²) < 4.78 is 11.4. The van der Waals surface area contributed by atoms with Crippen molar-refractivity contribution in [3.05, 3.63) is 0 Å². The van der Waals surface area contributed by atoms with Gasteiger partial charge in [0.25, 0.3) is 5.91 Å². The predicted octanol–water partition coefficient (Wildman–Crippen LogP) is 1.23. The van der Waals surface area contributed by atoms with Crippen molar-refractivity contribution in [1.29, 1.82) is 0 Å². The molecule has 2 amide bonds. The molecular weight excluding hydrogens is 358 g/mol. The fourth-order valence-corrected chi connectivity index (χ4v) is 3.45. The van der Waals surface area contributed by atoms with Gasteiger partial charge in [-0.05, 0) is 45.4 Å². The maximum absolute atomic E-state index is 12.8. The molecule has 3 atom stereocenters. The Hall–Kier alpha value is -0.890. The van der Waals surface area contributed by atoms with E-state index in [-0.39, 0.29) is 36.4 Å². The second-order valence-corrected chi connectivity index (χ2v) is 6.99. The summed E-state index contributed by atoms with van der Waals surface area (Å²) in [6.45, 7) is 4.62. The summed E-state index contributed by atoms with van der Waals surface area (Å²) in [4.78, 5) is 26.3. The van der Waals surface area contributed by atoms with Crippen LogP contribution >= 0.6 is 12.4 Å². The van der Waals surface area contributed by atoms with E-state index in [1.54, 1.807) is 0 Å². The Kier molecular flexibility index (Phi) is 11.1. The smallest absolute Gasteiger partial charge is 0.251 e. The van der Waals surface area contributed by atoms with Crippen LogP contribution < -0.4 is 11.1 Å². The van der Waals surface area contributed by atoms with E-state index < -0.39 is 6.10 Å². The molecular formula is C18H34ClN3O4. The number of hydrogen-bond donors (Lipinski definition) is 2. The molecule has 7 nitrogen and oxygen atoms in total. The minimum Gasteiger partial charge on any atom is -0.376 e. The monoisotopic (exact) mass is 391 g/mol. The number of amides is 2. The fourth-order valence-electron chi connectivity index (χ4n) is 3.45. The Morgan fingerprint density at radius 3 is 2.73 bits per heavy atom. The van der Waals surface area contributed by atoms with Gasteiger partial charge in [-0.2, -0.15) is 0 Å². The van der Waals surface area contributed by atoms with Crippen LogP contribution in [0.1, 0.15) is 51.9 Å². The lowest BCUT2D eigenvalue weighted by Crippen LogP contribution is -2.52. The lowest BCUT2D eigenvalue weighted by molar-refractivity contribution is -0.150. The van der Waals surface area contributed by atoms with Gasteiger partial charge >= 0.3 is 0 Å². The summed E-state index contributed by atoms with van der Waals surface area (Å²) in [5, 5.41) is 2.89. The van der Waals surface area contributed by atoms with Crippen molar-refractivity contribution in [1.82, 2.24) is 10.2 Å². The third-order valence-electron chi connectivity index (χ3n) is 4.97. The van der Waals surface area contributed by atoms with Crippen molar-refractivity contribution >= 4 is 24.2 Å². The Balaban J connectivity index is 0.00000338. The lowest BCUT2D eigenvalue weighted by Gasteiger charge is -2.37. The van der Waals surface area contributed by atoms with E-state index >= 15 is 0 Å². The van der Waals surface area contributed by atoms with Gasteiger partial charge < -0.3 is 25.4 Å². The van der Waals surface area contributed by atoms with Gasteiger partial charge in [0.15, 0.2) is 0 Å². The van der Waals surface area contributed by atoms with Crippen LogP contribution in [0, 0.1) is 0 Å². The average Bonchev–Trinajstić information content (AvgIpc) is 2.65. The van der Waals surface area contributed by atoms with Crippen LogP contribution in [0.5, 0.6) is 0 Å². The average molecular weight is 392 g/mol. The van der Waals surface area contributed by atoms with Crippen molar-refractivity contribution in [2.24, 2.45) is 5.73 Å². The highest BCUT2D eigenvalue weighted by atomic mass is 35.5. The van der Waals surface area contributed by atoms with Crippen LogP contribution in [-0.4, -0.2) is 67.8 Å². The minimum atomic E-state index is -0.481. The second-order valence-electron chi connectivity index (χ2n) is 6.99. The number of nitrogens with two attached hydrogens (primary N) is 1. The topological polar surface area (TPSA) is 93.9 Å². The first-order valence-electron chi connectivity index (χ1n) is 9.62. The van der Waals surface area contributed by atoms with Gasteiger partial charge in [-0.1, -0.05) is 0 Å². The molecule has 3 N–H and O–H groups in total. The highest BCUT2D eigenvalue weighted by molar-refractivity contribution is 5.85. The van der Waals surface area contributed by atoms with Gasteiger partial charge in [-0.15, -0.1) is 12.4 Å². The molecule has 0 aliphatic carbocycles. The standard InChI is InChI=1S/C18H33N3O4.ClH/c1-14(25-13-16-7-3-5-11-24-16)18(23)21-10-4-2-6-15(21)12-20-17(22)8-9-19;/h14-16H,2-13,19H2,1H3,(H,20,22);1H. The van der Waals surface area contributed by atoms with Gasteiger partial charge in [0, 0.05) is 38.7 Å². The number of halogens is 1.